The maximum atomic E-state index is 12.3. The fourth-order valence-electron chi connectivity index (χ4n) is 2.63. The van der Waals surface area contributed by atoms with Crippen LogP contribution in [-0.2, 0) is 29.1 Å². The number of sulfonamides is 1. The molecule has 1 aliphatic rings. The Morgan fingerprint density at radius 3 is 2.40 bits per heavy atom. The molecule has 2 N–H and O–H groups in total. The van der Waals surface area contributed by atoms with Gasteiger partial charge in [0.2, 0.25) is 10.0 Å². The van der Waals surface area contributed by atoms with Gasteiger partial charge in [0.05, 0.1) is 4.90 Å². The molecule has 0 saturated carbocycles. The summed E-state index contributed by atoms with van der Waals surface area (Å²) in [6, 6.07) is 3.64. The van der Waals surface area contributed by atoms with Gasteiger partial charge in [-0.05, 0) is 38.5 Å². The van der Waals surface area contributed by atoms with Gasteiger partial charge >= 0.3 is 12.0 Å². The summed E-state index contributed by atoms with van der Waals surface area (Å²) >= 11 is 0. The van der Waals surface area contributed by atoms with Gasteiger partial charge in [-0.15, -0.1) is 0 Å². The van der Waals surface area contributed by atoms with Gasteiger partial charge in [-0.1, -0.05) is 6.07 Å². The smallest absolute Gasteiger partial charge is 0.326 e. The lowest BCUT2D eigenvalue weighted by molar-refractivity contribution is -0.150. The Kier molecular flexibility index (Phi) is 6.52. The minimum atomic E-state index is -3.70. The van der Waals surface area contributed by atoms with E-state index in [-0.39, 0.29) is 10.6 Å². The van der Waals surface area contributed by atoms with Crippen molar-refractivity contribution >= 4 is 39.5 Å². The first-order valence-electron chi connectivity index (χ1n) is 8.88. The number of nitrogens with zero attached hydrogens (tertiary/aromatic N) is 2. The summed E-state index contributed by atoms with van der Waals surface area (Å²) in [6.07, 6.45) is 0. The predicted molar refractivity (Wildman–Crippen MR) is 106 cm³/mol. The first kappa shape index (κ1) is 23.3. The summed E-state index contributed by atoms with van der Waals surface area (Å²) < 4.78 is 30.6. The highest BCUT2D eigenvalue weighted by atomic mass is 32.2. The molecule has 1 aromatic carbocycles. The zero-order valence-electron chi connectivity index (χ0n) is 17.3. The number of benzene rings is 1. The van der Waals surface area contributed by atoms with Crippen LogP contribution in [0.4, 0.5) is 10.5 Å². The average Bonchev–Trinajstić information content (AvgIpc) is 2.83. The number of hydrogen-bond acceptors (Lipinski definition) is 7. The molecule has 4 amide bonds. The zero-order valence-corrected chi connectivity index (χ0v) is 18.1. The van der Waals surface area contributed by atoms with Crippen molar-refractivity contribution in [2.75, 3.05) is 32.6 Å². The first-order chi connectivity index (χ1) is 13.8. The highest BCUT2D eigenvalue weighted by Gasteiger charge is 2.45. The quantitative estimate of drug-likeness (QED) is 0.451. The second kappa shape index (κ2) is 8.40. The minimum absolute atomic E-state index is 0.0310. The Labute approximate surface area is 174 Å². The van der Waals surface area contributed by atoms with Crippen molar-refractivity contribution in [1.29, 1.82) is 0 Å². The summed E-state index contributed by atoms with van der Waals surface area (Å²) in [6.45, 7) is 3.32. The van der Waals surface area contributed by atoms with Crippen LogP contribution in [0.1, 0.15) is 19.4 Å². The van der Waals surface area contributed by atoms with Gasteiger partial charge in [0, 0.05) is 19.8 Å². The molecule has 1 aromatic rings. The number of aryl methyl sites for hydroxylation is 1. The predicted octanol–water partition coefficient (Wildman–Crippen LogP) is 0.0574. The van der Waals surface area contributed by atoms with Crippen LogP contribution in [0.5, 0.6) is 0 Å². The number of nitrogens with one attached hydrogen (secondary N) is 2. The van der Waals surface area contributed by atoms with E-state index in [2.05, 4.69) is 10.6 Å². The number of imide groups is 1. The minimum Gasteiger partial charge on any atom is -0.454 e. The number of rotatable bonds is 7. The van der Waals surface area contributed by atoms with Crippen LogP contribution in [0.15, 0.2) is 23.1 Å². The van der Waals surface area contributed by atoms with Crippen LogP contribution >= 0.6 is 0 Å². The lowest BCUT2D eigenvalue weighted by Crippen LogP contribution is -2.41. The molecule has 30 heavy (non-hydrogen) atoms. The van der Waals surface area contributed by atoms with E-state index in [1.807, 2.05) is 0 Å². The van der Waals surface area contributed by atoms with Crippen molar-refractivity contribution < 1.29 is 32.3 Å². The molecule has 2 rings (SSSR count). The molecular formula is C18H24N4O7S. The van der Waals surface area contributed by atoms with Gasteiger partial charge in [-0.3, -0.25) is 19.3 Å². The molecule has 1 aliphatic heterocycles. The molecule has 164 valence electrons. The maximum absolute atomic E-state index is 12.3. The van der Waals surface area contributed by atoms with Gasteiger partial charge in [-0.2, -0.15) is 0 Å². The van der Waals surface area contributed by atoms with Crippen molar-refractivity contribution in [3.63, 3.8) is 0 Å². The molecule has 0 aromatic heterocycles. The number of urea groups is 1. The molecule has 0 aliphatic carbocycles. The Morgan fingerprint density at radius 1 is 1.23 bits per heavy atom. The van der Waals surface area contributed by atoms with Gasteiger partial charge in [-0.25, -0.2) is 17.5 Å². The van der Waals surface area contributed by atoms with Gasteiger partial charge < -0.3 is 15.4 Å². The standard InChI is InChI=1S/C18H24N4O7S/c1-11-6-7-12(8-13(11)30(27,28)21(4)5)19-14(23)10-29-15(24)9-22-16(25)18(2,3)20-17(22)26/h6-8H,9-10H2,1-5H3,(H,19,23)(H,20,26). The monoisotopic (exact) mass is 440 g/mol. The normalized spacial score (nSPS) is 15.9. The van der Waals surface area contributed by atoms with E-state index in [0.29, 0.717) is 10.5 Å². The summed E-state index contributed by atoms with van der Waals surface area (Å²) in [5, 5.41) is 4.86. The summed E-state index contributed by atoms with van der Waals surface area (Å²) in [5.41, 5.74) is -0.410. The van der Waals surface area contributed by atoms with Gasteiger partial charge in [0.1, 0.15) is 12.1 Å². The molecule has 0 spiro atoms. The first-order valence-corrected chi connectivity index (χ1v) is 10.3. The second-order valence-corrected chi connectivity index (χ2v) is 9.54. The number of esters is 1. The number of ether oxygens (including phenoxy) is 1. The molecule has 1 saturated heterocycles. The van der Waals surface area contributed by atoms with Crippen molar-refractivity contribution in [3.8, 4) is 0 Å². The van der Waals surface area contributed by atoms with Crippen LogP contribution in [0.3, 0.4) is 0 Å². The van der Waals surface area contributed by atoms with Crippen molar-refractivity contribution in [1.82, 2.24) is 14.5 Å². The van der Waals surface area contributed by atoms with E-state index in [9.17, 15) is 27.6 Å². The molecular weight excluding hydrogens is 416 g/mol. The Morgan fingerprint density at radius 2 is 1.87 bits per heavy atom. The van der Waals surface area contributed by atoms with E-state index in [1.165, 1.54) is 46.1 Å². The van der Waals surface area contributed by atoms with E-state index in [1.54, 1.807) is 6.92 Å². The lowest BCUT2D eigenvalue weighted by atomic mass is 10.1. The van der Waals surface area contributed by atoms with Crippen LogP contribution in [0.25, 0.3) is 0 Å². The van der Waals surface area contributed by atoms with Crippen LogP contribution in [0, 0.1) is 6.92 Å². The van der Waals surface area contributed by atoms with E-state index in [0.717, 1.165) is 4.31 Å². The molecule has 11 nitrogen and oxygen atoms in total. The highest BCUT2D eigenvalue weighted by molar-refractivity contribution is 7.89. The third kappa shape index (κ3) is 4.94. The Balaban J connectivity index is 1.96. The molecule has 0 bridgehead atoms. The number of amides is 4. The number of carbonyl (C=O) groups excluding carboxylic acids is 4. The number of carbonyl (C=O) groups is 4. The maximum Gasteiger partial charge on any atom is 0.326 e. The van der Waals surface area contributed by atoms with Crippen molar-refractivity contribution in [2.45, 2.75) is 31.2 Å². The molecule has 1 heterocycles. The summed E-state index contributed by atoms with van der Waals surface area (Å²) in [5.74, 6) is -2.23. The largest absolute Gasteiger partial charge is 0.454 e. The Hall–Kier alpha value is -2.99. The van der Waals surface area contributed by atoms with E-state index in [4.69, 9.17) is 4.74 Å². The van der Waals surface area contributed by atoms with Crippen molar-refractivity contribution in [2.24, 2.45) is 0 Å². The van der Waals surface area contributed by atoms with Crippen LogP contribution in [-0.4, -0.2) is 74.2 Å². The lowest BCUT2D eigenvalue weighted by Gasteiger charge is -2.16. The zero-order chi connectivity index (χ0) is 22.9. The fourth-order valence-corrected chi connectivity index (χ4v) is 3.78. The van der Waals surface area contributed by atoms with Gasteiger partial charge in [0.15, 0.2) is 6.61 Å². The van der Waals surface area contributed by atoms with Crippen LogP contribution < -0.4 is 10.6 Å². The van der Waals surface area contributed by atoms with Crippen molar-refractivity contribution in [3.05, 3.63) is 23.8 Å². The third-order valence-corrected chi connectivity index (χ3v) is 6.28. The van der Waals surface area contributed by atoms with E-state index < -0.39 is 52.5 Å². The second-order valence-electron chi connectivity index (χ2n) is 7.42. The third-order valence-electron chi connectivity index (χ3n) is 4.33. The molecule has 1 fully saturated rings. The van der Waals surface area contributed by atoms with Gasteiger partial charge in [0.25, 0.3) is 11.8 Å². The topological polar surface area (TPSA) is 142 Å². The molecule has 0 unspecified atom stereocenters. The highest BCUT2D eigenvalue weighted by Crippen LogP contribution is 2.22. The van der Waals surface area contributed by atoms with Crippen LogP contribution in [0.2, 0.25) is 0 Å². The fraction of sp³-hybridized carbons (Fsp3) is 0.444. The number of hydrogen-bond donors (Lipinski definition) is 2. The summed E-state index contributed by atoms with van der Waals surface area (Å²) in [4.78, 5) is 48.5. The Bertz CT molecular complexity index is 1000. The molecule has 0 atom stereocenters. The SMILES string of the molecule is Cc1ccc(NC(=O)COC(=O)CN2C(=O)NC(C)(C)C2=O)cc1S(=O)(=O)N(C)C. The molecule has 12 heteroatoms. The molecule has 0 radical (unpaired) electrons. The van der Waals surface area contributed by atoms with E-state index >= 15 is 0 Å². The average molecular weight is 440 g/mol. The number of anilines is 1. The summed E-state index contributed by atoms with van der Waals surface area (Å²) in [7, 11) is -0.914.